The summed E-state index contributed by atoms with van der Waals surface area (Å²) in [7, 11) is 1.60. The highest BCUT2D eigenvalue weighted by Crippen LogP contribution is 2.10. The number of likely N-dealkylation sites (N-methyl/N-ethyl adjacent to an activating group) is 1. The number of carbonyl (C=O) groups excluding carboxylic acids is 1. The highest BCUT2D eigenvalue weighted by molar-refractivity contribution is 5.84. The van der Waals surface area contributed by atoms with Crippen LogP contribution in [-0.2, 0) is 4.79 Å². The van der Waals surface area contributed by atoms with E-state index in [2.05, 4.69) is 25.6 Å². The first-order chi connectivity index (χ1) is 8.20. The highest BCUT2D eigenvalue weighted by Gasteiger charge is 2.11. The lowest BCUT2D eigenvalue weighted by atomic mass is 10.3. The summed E-state index contributed by atoms with van der Waals surface area (Å²) in [4.78, 5) is 23.8. The molecule has 2 aromatic heterocycles. The molecule has 0 aromatic carbocycles. The van der Waals surface area contributed by atoms with Crippen molar-refractivity contribution >= 4 is 22.9 Å². The van der Waals surface area contributed by atoms with Gasteiger partial charge in [-0.1, -0.05) is 0 Å². The molecule has 2 N–H and O–H groups in total. The van der Waals surface area contributed by atoms with Gasteiger partial charge >= 0.3 is 0 Å². The van der Waals surface area contributed by atoms with E-state index in [0.29, 0.717) is 11.5 Å². The lowest BCUT2D eigenvalue weighted by Gasteiger charge is -2.12. The molecule has 2 heterocycles. The first kappa shape index (κ1) is 11.3. The molecular formula is C11H13N5O. The van der Waals surface area contributed by atoms with Gasteiger partial charge in [0, 0.05) is 19.4 Å². The first-order valence-electron chi connectivity index (χ1n) is 5.26. The van der Waals surface area contributed by atoms with E-state index in [9.17, 15) is 4.79 Å². The molecule has 0 aliphatic heterocycles. The lowest BCUT2D eigenvalue weighted by molar-refractivity contribution is -0.121. The van der Waals surface area contributed by atoms with E-state index in [1.807, 2.05) is 6.07 Å². The molecule has 2 rings (SSSR count). The van der Waals surface area contributed by atoms with Gasteiger partial charge in [-0.3, -0.25) is 9.78 Å². The van der Waals surface area contributed by atoms with Crippen molar-refractivity contribution in [2.24, 2.45) is 0 Å². The Morgan fingerprint density at radius 2 is 2.06 bits per heavy atom. The summed E-state index contributed by atoms with van der Waals surface area (Å²) in [5.74, 6) is 0.514. The molecule has 0 radical (unpaired) electrons. The van der Waals surface area contributed by atoms with Gasteiger partial charge < -0.3 is 10.6 Å². The highest BCUT2D eigenvalue weighted by atomic mass is 16.2. The molecule has 2 aromatic rings. The summed E-state index contributed by atoms with van der Waals surface area (Å²) >= 11 is 0. The molecular weight excluding hydrogens is 218 g/mol. The minimum Gasteiger partial charge on any atom is -0.359 e. The fourth-order valence-electron chi connectivity index (χ4n) is 1.44. The Morgan fingerprint density at radius 3 is 2.82 bits per heavy atom. The Labute approximate surface area is 98.5 Å². The van der Waals surface area contributed by atoms with Gasteiger partial charge in [-0.15, -0.1) is 0 Å². The van der Waals surface area contributed by atoms with E-state index in [1.54, 1.807) is 32.4 Å². The van der Waals surface area contributed by atoms with E-state index < -0.39 is 0 Å². The maximum absolute atomic E-state index is 11.4. The zero-order valence-electron chi connectivity index (χ0n) is 9.64. The first-order valence-corrected chi connectivity index (χ1v) is 5.26. The fraction of sp³-hybridized carbons (Fsp3) is 0.273. The number of carbonyl (C=O) groups is 1. The smallest absolute Gasteiger partial charge is 0.241 e. The summed E-state index contributed by atoms with van der Waals surface area (Å²) in [6.45, 7) is 1.77. The molecule has 17 heavy (non-hydrogen) atoms. The molecule has 0 saturated heterocycles. The van der Waals surface area contributed by atoms with Crippen LogP contribution in [0.3, 0.4) is 0 Å². The van der Waals surface area contributed by atoms with E-state index in [0.717, 1.165) is 5.52 Å². The second-order valence-corrected chi connectivity index (χ2v) is 3.58. The minimum absolute atomic E-state index is 0.0916. The number of rotatable bonds is 3. The van der Waals surface area contributed by atoms with Crippen LogP contribution in [0.25, 0.3) is 11.2 Å². The van der Waals surface area contributed by atoms with Crippen LogP contribution in [0, 0.1) is 0 Å². The van der Waals surface area contributed by atoms with Gasteiger partial charge in [-0.25, -0.2) is 9.97 Å². The van der Waals surface area contributed by atoms with Crippen LogP contribution >= 0.6 is 0 Å². The molecule has 0 bridgehead atoms. The topological polar surface area (TPSA) is 79.8 Å². The Balaban J connectivity index is 2.22. The lowest BCUT2D eigenvalue weighted by Crippen LogP contribution is -2.35. The third kappa shape index (κ3) is 2.47. The maximum Gasteiger partial charge on any atom is 0.241 e. The molecule has 0 spiro atoms. The quantitative estimate of drug-likeness (QED) is 0.807. The molecule has 0 aliphatic rings. The molecule has 6 nitrogen and oxygen atoms in total. The number of nitrogens with zero attached hydrogens (tertiary/aromatic N) is 3. The van der Waals surface area contributed by atoms with Crippen LogP contribution in [-0.4, -0.2) is 33.9 Å². The number of nitrogens with one attached hydrogen (secondary N) is 2. The number of hydrogen-bond donors (Lipinski definition) is 2. The van der Waals surface area contributed by atoms with Crippen LogP contribution in [0.2, 0.25) is 0 Å². The summed E-state index contributed by atoms with van der Waals surface area (Å²) in [6.07, 6.45) is 3.20. The summed E-state index contributed by atoms with van der Waals surface area (Å²) in [5, 5.41) is 5.56. The monoisotopic (exact) mass is 231 g/mol. The van der Waals surface area contributed by atoms with Gasteiger partial charge in [-0.05, 0) is 19.1 Å². The molecule has 88 valence electrons. The molecule has 0 aliphatic carbocycles. The van der Waals surface area contributed by atoms with Crippen molar-refractivity contribution in [1.29, 1.82) is 0 Å². The van der Waals surface area contributed by atoms with Crippen molar-refractivity contribution in [2.75, 3.05) is 12.4 Å². The number of aromatic nitrogens is 3. The normalized spacial score (nSPS) is 12.1. The van der Waals surface area contributed by atoms with E-state index in [-0.39, 0.29) is 11.9 Å². The summed E-state index contributed by atoms with van der Waals surface area (Å²) < 4.78 is 0. The summed E-state index contributed by atoms with van der Waals surface area (Å²) in [6, 6.07) is 3.24. The predicted molar refractivity (Wildman–Crippen MR) is 64.5 cm³/mol. The van der Waals surface area contributed by atoms with E-state index >= 15 is 0 Å². The molecule has 1 unspecified atom stereocenters. The van der Waals surface area contributed by atoms with Crippen LogP contribution in [0.15, 0.2) is 24.5 Å². The predicted octanol–water partition coefficient (Wildman–Crippen LogP) is 0.571. The zero-order chi connectivity index (χ0) is 12.3. The standard InChI is InChI=1S/C11H13N5O/c1-7(11(17)12-2)15-9-4-3-8-10(16-9)14-6-5-13-8/h3-7H,1-2H3,(H,12,17)(H,14,15,16). The Kier molecular flexibility index (Phi) is 3.13. The van der Waals surface area contributed by atoms with Crippen molar-refractivity contribution < 1.29 is 4.79 Å². The van der Waals surface area contributed by atoms with Crippen LogP contribution < -0.4 is 10.6 Å². The number of pyridine rings is 1. The average Bonchev–Trinajstić information content (AvgIpc) is 2.37. The average molecular weight is 231 g/mol. The van der Waals surface area contributed by atoms with E-state index in [1.165, 1.54) is 0 Å². The number of hydrogen-bond acceptors (Lipinski definition) is 5. The van der Waals surface area contributed by atoms with E-state index in [4.69, 9.17) is 0 Å². The molecule has 0 fully saturated rings. The molecule has 0 saturated carbocycles. The largest absolute Gasteiger partial charge is 0.359 e. The fourth-order valence-corrected chi connectivity index (χ4v) is 1.44. The zero-order valence-corrected chi connectivity index (χ0v) is 9.64. The van der Waals surface area contributed by atoms with Crippen molar-refractivity contribution in [2.45, 2.75) is 13.0 Å². The molecule has 6 heteroatoms. The van der Waals surface area contributed by atoms with Crippen molar-refractivity contribution in [1.82, 2.24) is 20.3 Å². The van der Waals surface area contributed by atoms with Gasteiger partial charge in [0.15, 0.2) is 5.65 Å². The number of anilines is 1. The van der Waals surface area contributed by atoms with Crippen LogP contribution in [0.1, 0.15) is 6.92 Å². The molecule has 1 atom stereocenters. The van der Waals surface area contributed by atoms with Gasteiger partial charge in [0.05, 0.1) is 0 Å². The van der Waals surface area contributed by atoms with Crippen molar-refractivity contribution in [3.05, 3.63) is 24.5 Å². The summed E-state index contributed by atoms with van der Waals surface area (Å²) in [5.41, 5.74) is 1.28. The third-order valence-electron chi connectivity index (χ3n) is 2.34. The second-order valence-electron chi connectivity index (χ2n) is 3.58. The maximum atomic E-state index is 11.4. The Hall–Kier alpha value is -2.24. The molecule has 1 amide bonds. The second kappa shape index (κ2) is 4.73. The Morgan fingerprint density at radius 1 is 1.29 bits per heavy atom. The van der Waals surface area contributed by atoms with Gasteiger partial charge in [0.2, 0.25) is 5.91 Å². The van der Waals surface area contributed by atoms with Crippen LogP contribution in [0.4, 0.5) is 5.82 Å². The Bertz CT molecular complexity index is 542. The van der Waals surface area contributed by atoms with Gasteiger partial charge in [0.1, 0.15) is 17.4 Å². The van der Waals surface area contributed by atoms with Gasteiger partial charge in [-0.2, -0.15) is 0 Å². The SMILES string of the molecule is CNC(=O)C(C)Nc1ccc2nccnc2n1. The third-order valence-corrected chi connectivity index (χ3v) is 2.34. The number of fused-ring (bicyclic) bond motifs is 1. The minimum atomic E-state index is -0.346. The number of amides is 1. The van der Waals surface area contributed by atoms with Crippen molar-refractivity contribution in [3.8, 4) is 0 Å². The van der Waals surface area contributed by atoms with Crippen molar-refractivity contribution in [3.63, 3.8) is 0 Å². The van der Waals surface area contributed by atoms with Crippen LogP contribution in [0.5, 0.6) is 0 Å². The van der Waals surface area contributed by atoms with Gasteiger partial charge in [0.25, 0.3) is 0 Å².